The van der Waals surface area contributed by atoms with E-state index in [0.717, 1.165) is 11.1 Å². The second kappa shape index (κ2) is 7.37. The number of rotatable bonds is 5. The molecular weight excluding hydrogens is 290 g/mol. The highest BCUT2D eigenvalue weighted by Crippen LogP contribution is 2.22. The van der Waals surface area contributed by atoms with E-state index in [2.05, 4.69) is 10.6 Å². The molecule has 1 atom stereocenters. The number of nitrogens with zero attached hydrogens (tertiary/aromatic N) is 1. The quantitative estimate of drug-likeness (QED) is 0.723. The van der Waals surface area contributed by atoms with Gasteiger partial charge >= 0.3 is 0 Å². The van der Waals surface area contributed by atoms with Crippen molar-refractivity contribution in [2.45, 2.75) is 12.4 Å². The van der Waals surface area contributed by atoms with E-state index in [9.17, 15) is 9.90 Å². The topological polar surface area (TPSA) is 64.6 Å². The maximum atomic E-state index is 11.5. The van der Waals surface area contributed by atoms with Crippen molar-refractivity contribution in [2.75, 3.05) is 19.6 Å². The summed E-state index contributed by atoms with van der Waals surface area (Å²) in [4.78, 5) is 13.2. The van der Waals surface area contributed by atoms with Gasteiger partial charge in [0.05, 0.1) is 12.6 Å². The standard InChI is InChI=1S/C18H21N3O2/c22-16-13-21(12-11-19-16)18(23)20-17(14-7-3-1-4-8-14)15-9-5-2-6-10-15/h1-10,17-18,20,23H,11-13H2,(H,19,22). The van der Waals surface area contributed by atoms with Gasteiger partial charge in [-0.3, -0.25) is 15.0 Å². The summed E-state index contributed by atoms with van der Waals surface area (Å²) in [6, 6.07) is 19.8. The van der Waals surface area contributed by atoms with Crippen molar-refractivity contribution in [3.63, 3.8) is 0 Å². The van der Waals surface area contributed by atoms with E-state index < -0.39 is 6.35 Å². The first-order valence-corrected chi connectivity index (χ1v) is 7.79. The normalized spacial score (nSPS) is 17.0. The van der Waals surface area contributed by atoms with Gasteiger partial charge < -0.3 is 10.4 Å². The maximum absolute atomic E-state index is 11.5. The fraction of sp³-hybridized carbons (Fsp3) is 0.278. The molecule has 5 heteroatoms. The summed E-state index contributed by atoms with van der Waals surface area (Å²) in [5.74, 6) is -0.0620. The van der Waals surface area contributed by atoms with Crippen LogP contribution in [0.1, 0.15) is 17.2 Å². The smallest absolute Gasteiger partial charge is 0.234 e. The van der Waals surface area contributed by atoms with Crippen LogP contribution in [-0.2, 0) is 4.79 Å². The van der Waals surface area contributed by atoms with E-state index in [1.165, 1.54) is 0 Å². The minimum atomic E-state index is -0.883. The van der Waals surface area contributed by atoms with Gasteiger partial charge in [-0.25, -0.2) is 0 Å². The van der Waals surface area contributed by atoms with E-state index in [0.29, 0.717) is 13.1 Å². The summed E-state index contributed by atoms with van der Waals surface area (Å²) in [6.45, 7) is 1.37. The molecule has 0 bridgehead atoms. The van der Waals surface area contributed by atoms with Gasteiger partial charge in [-0.15, -0.1) is 0 Å². The number of hydrogen-bond donors (Lipinski definition) is 3. The number of benzene rings is 2. The van der Waals surface area contributed by atoms with Crippen LogP contribution in [0, 0.1) is 0 Å². The summed E-state index contributed by atoms with van der Waals surface area (Å²) in [7, 11) is 0. The molecule has 0 radical (unpaired) electrons. The molecule has 120 valence electrons. The molecule has 1 aliphatic rings. The number of amides is 1. The van der Waals surface area contributed by atoms with Crippen LogP contribution < -0.4 is 10.6 Å². The van der Waals surface area contributed by atoms with Gasteiger partial charge in [-0.2, -0.15) is 0 Å². The lowest BCUT2D eigenvalue weighted by Gasteiger charge is -2.34. The van der Waals surface area contributed by atoms with Crippen LogP contribution in [0.15, 0.2) is 60.7 Å². The molecule has 1 saturated heterocycles. The van der Waals surface area contributed by atoms with Gasteiger partial charge in [0.25, 0.3) is 0 Å². The van der Waals surface area contributed by atoms with Gasteiger partial charge in [0, 0.05) is 13.1 Å². The molecule has 1 fully saturated rings. The van der Waals surface area contributed by atoms with E-state index in [1.807, 2.05) is 60.7 Å². The molecule has 3 N–H and O–H groups in total. The van der Waals surface area contributed by atoms with Crippen molar-refractivity contribution in [2.24, 2.45) is 0 Å². The van der Waals surface area contributed by atoms with Crippen LogP contribution in [-0.4, -0.2) is 41.9 Å². The predicted molar refractivity (Wildman–Crippen MR) is 88.5 cm³/mol. The predicted octanol–water partition coefficient (Wildman–Crippen LogP) is 1.07. The minimum absolute atomic E-state index is 0.0620. The molecule has 2 aromatic carbocycles. The third-order valence-electron chi connectivity index (χ3n) is 4.00. The van der Waals surface area contributed by atoms with Gasteiger partial charge in [0.1, 0.15) is 0 Å². The molecular formula is C18H21N3O2. The molecule has 0 saturated carbocycles. The summed E-state index contributed by atoms with van der Waals surface area (Å²) in [5.41, 5.74) is 2.14. The van der Waals surface area contributed by atoms with Crippen LogP contribution >= 0.6 is 0 Å². The SMILES string of the molecule is O=C1CN(C(O)NC(c2ccccc2)c2ccccc2)CCN1. The first kappa shape index (κ1) is 15.7. The Kier molecular flexibility index (Phi) is 5.02. The van der Waals surface area contributed by atoms with Crippen molar-refractivity contribution in [3.8, 4) is 0 Å². The molecule has 3 rings (SSSR count). The van der Waals surface area contributed by atoms with Crippen LogP contribution in [0.3, 0.4) is 0 Å². The fourth-order valence-corrected chi connectivity index (χ4v) is 2.80. The van der Waals surface area contributed by atoms with E-state index in [-0.39, 0.29) is 18.5 Å². The molecule has 1 heterocycles. The summed E-state index contributed by atoms with van der Waals surface area (Å²) < 4.78 is 0. The van der Waals surface area contributed by atoms with Crippen molar-refractivity contribution >= 4 is 5.91 Å². The lowest BCUT2D eigenvalue weighted by atomic mass is 9.99. The highest BCUT2D eigenvalue weighted by molar-refractivity contribution is 5.78. The third-order valence-corrected chi connectivity index (χ3v) is 4.00. The highest BCUT2D eigenvalue weighted by atomic mass is 16.3. The summed E-state index contributed by atoms with van der Waals surface area (Å²) in [6.07, 6.45) is -0.883. The molecule has 0 spiro atoms. The van der Waals surface area contributed by atoms with Crippen LogP contribution in [0.4, 0.5) is 0 Å². The number of hydrogen-bond acceptors (Lipinski definition) is 4. The summed E-state index contributed by atoms with van der Waals surface area (Å²) in [5, 5.41) is 16.5. The van der Waals surface area contributed by atoms with Gasteiger partial charge in [0.15, 0.2) is 6.35 Å². The molecule has 2 aromatic rings. The highest BCUT2D eigenvalue weighted by Gasteiger charge is 2.25. The third kappa shape index (κ3) is 3.96. The zero-order chi connectivity index (χ0) is 16.1. The zero-order valence-electron chi connectivity index (χ0n) is 12.9. The molecule has 1 aliphatic heterocycles. The largest absolute Gasteiger partial charge is 0.365 e. The average molecular weight is 311 g/mol. The zero-order valence-corrected chi connectivity index (χ0v) is 12.9. The Hall–Kier alpha value is -2.21. The average Bonchev–Trinajstić information content (AvgIpc) is 2.61. The number of aliphatic hydroxyl groups excluding tert-OH is 1. The second-order valence-electron chi connectivity index (χ2n) is 5.62. The molecule has 1 amide bonds. The number of aliphatic hydroxyl groups is 1. The Labute approximate surface area is 135 Å². The van der Waals surface area contributed by atoms with Crippen LogP contribution in [0.2, 0.25) is 0 Å². The van der Waals surface area contributed by atoms with Gasteiger partial charge in [-0.05, 0) is 11.1 Å². The van der Waals surface area contributed by atoms with Gasteiger partial charge in [0.2, 0.25) is 5.91 Å². The van der Waals surface area contributed by atoms with Crippen molar-refractivity contribution in [1.82, 2.24) is 15.5 Å². The van der Waals surface area contributed by atoms with Crippen LogP contribution in [0.25, 0.3) is 0 Å². The Bertz CT molecular complexity index is 594. The monoisotopic (exact) mass is 311 g/mol. The fourth-order valence-electron chi connectivity index (χ4n) is 2.80. The second-order valence-corrected chi connectivity index (χ2v) is 5.62. The lowest BCUT2D eigenvalue weighted by molar-refractivity contribution is -0.130. The molecule has 0 aliphatic carbocycles. The minimum Gasteiger partial charge on any atom is -0.365 e. The molecule has 1 unspecified atom stereocenters. The molecule has 0 aromatic heterocycles. The lowest BCUT2D eigenvalue weighted by Crippen LogP contribution is -2.56. The van der Waals surface area contributed by atoms with Crippen molar-refractivity contribution < 1.29 is 9.90 Å². The maximum Gasteiger partial charge on any atom is 0.234 e. The Morgan fingerprint density at radius 1 is 1.00 bits per heavy atom. The van der Waals surface area contributed by atoms with Crippen molar-refractivity contribution in [1.29, 1.82) is 0 Å². The molecule has 23 heavy (non-hydrogen) atoms. The van der Waals surface area contributed by atoms with Gasteiger partial charge in [-0.1, -0.05) is 60.7 Å². The summed E-state index contributed by atoms with van der Waals surface area (Å²) >= 11 is 0. The van der Waals surface area contributed by atoms with Crippen LogP contribution in [0.5, 0.6) is 0 Å². The number of carbonyl (C=O) groups excluding carboxylic acids is 1. The first-order valence-electron chi connectivity index (χ1n) is 7.79. The van der Waals surface area contributed by atoms with E-state index >= 15 is 0 Å². The van der Waals surface area contributed by atoms with E-state index in [1.54, 1.807) is 4.90 Å². The Morgan fingerprint density at radius 3 is 2.09 bits per heavy atom. The number of nitrogens with one attached hydrogen (secondary N) is 2. The Morgan fingerprint density at radius 2 is 1.57 bits per heavy atom. The van der Waals surface area contributed by atoms with E-state index in [4.69, 9.17) is 0 Å². The number of piperazine rings is 1. The Balaban J connectivity index is 1.80. The number of carbonyl (C=O) groups is 1. The molecule has 5 nitrogen and oxygen atoms in total. The van der Waals surface area contributed by atoms with Crippen molar-refractivity contribution in [3.05, 3.63) is 71.8 Å². The first-order chi connectivity index (χ1) is 11.2.